The number of thiophene rings is 1. The maximum atomic E-state index is 11.6. The third-order valence-corrected chi connectivity index (χ3v) is 4.90. The second kappa shape index (κ2) is 6.27. The lowest BCUT2D eigenvalue weighted by atomic mass is 10.0. The minimum Gasteiger partial charge on any atom is -1.00 e. The van der Waals surface area contributed by atoms with Crippen LogP contribution in [0, 0.1) is 0 Å². The molecule has 0 aliphatic carbocycles. The number of nitrogens with one attached hydrogen (secondary N) is 1. The lowest BCUT2D eigenvalue weighted by Gasteiger charge is -2.36. The highest BCUT2D eigenvalue weighted by atomic mass is 127. The van der Waals surface area contributed by atoms with Gasteiger partial charge in [0, 0.05) is 6.42 Å². The average molecular weight is 410 g/mol. The summed E-state index contributed by atoms with van der Waals surface area (Å²) < 4.78 is 0.932. The number of rotatable bonds is 3. The van der Waals surface area contributed by atoms with Crippen molar-refractivity contribution in [2.45, 2.75) is 19.9 Å². The first-order valence-corrected chi connectivity index (χ1v) is 7.02. The van der Waals surface area contributed by atoms with E-state index in [1.165, 1.54) is 11.3 Å². The molecule has 5 N–H and O–H groups in total. The van der Waals surface area contributed by atoms with Crippen molar-refractivity contribution in [2.75, 3.05) is 25.5 Å². The van der Waals surface area contributed by atoms with Crippen LogP contribution in [-0.4, -0.2) is 36.6 Å². The smallest absolute Gasteiger partial charge is 0.317 e. The number of halogens is 1. The predicted molar refractivity (Wildman–Crippen MR) is 75.0 cm³/mol. The Morgan fingerprint density at radius 3 is 2.55 bits per heavy atom. The molecule has 0 bridgehead atoms. The fraction of sp³-hybridized carbons (Fsp3) is 0.500. The summed E-state index contributed by atoms with van der Waals surface area (Å²) in [6.07, 6.45) is 0.800. The van der Waals surface area contributed by atoms with Gasteiger partial charge in [0.15, 0.2) is 0 Å². The number of amides is 3. The molecule has 1 atom stereocenters. The number of quaternary nitrogens is 1. The molecule has 0 saturated heterocycles. The van der Waals surface area contributed by atoms with Crippen molar-refractivity contribution in [3.8, 4) is 0 Å². The third-order valence-electron chi connectivity index (χ3n) is 3.76. The number of nitrogens with zero attached hydrogens (tertiary/aromatic N) is 1. The molecule has 0 aromatic carbocycles. The van der Waals surface area contributed by atoms with Gasteiger partial charge in [0.1, 0.15) is 11.5 Å². The fourth-order valence-electron chi connectivity index (χ4n) is 2.44. The van der Waals surface area contributed by atoms with Gasteiger partial charge in [-0.05, 0) is 12.5 Å². The Labute approximate surface area is 139 Å². The van der Waals surface area contributed by atoms with Gasteiger partial charge in [-0.25, -0.2) is 4.79 Å². The molecule has 1 aromatic heterocycles. The Morgan fingerprint density at radius 2 is 2.05 bits per heavy atom. The van der Waals surface area contributed by atoms with Gasteiger partial charge < -0.3 is 39.9 Å². The van der Waals surface area contributed by atoms with Crippen LogP contribution in [0.3, 0.4) is 0 Å². The molecule has 0 fully saturated rings. The maximum Gasteiger partial charge on any atom is 0.317 e. The molecule has 1 unspecified atom stereocenters. The summed E-state index contributed by atoms with van der Waals surface area (Å²) >= 11 is 1.41. The van der Waals surface area contributed by atoms with Crippen molar-refractivity contribution in [1.29, 1.82) is 0 Å². The fourth-order valence-corrected chi connectivity index (χ4v) is 3.87. The normalized spacial score (nSPS) is 20.7. The van der Waals surface area contributed by atoms with Crippen molar-refractivity contribution < 1.29 is 38.0 Å². The summed E-state index contributed by atoms with van der Waals surface area (Å²) in [4.78, 5) is 23.7. The second-order valence-electron chi connectivity index (χ2n) is 5.13. The van der Waals surface area contributed by atoms with Crippen LogP contribution in [0.5, 0.6) is 0 Å². The van der Waals surface area contributed by atoms with Crippen molar-refractivity contribution in [2.24, 2.45) is 11.5 Å². The molecule has 3 amide bonds. The number of nitrogens with two attached hydrogens (primary N) is 2. The highest BCUT2D eigenvalue weighted by Crippen LogP contribution is 2.38. The number of urea groups is 1. The van der Waals surface area contributed by atoms with Crippen LogP contribution in [-0.2, 0) is 13.0 Å². The minimum absolute atomic E-state index is 0. The lowest BCUT2D eigenvalue weighted by molar-refractivity contribution is -0.922. The van der Waals surface area contributed by atoms with Gasteiger partial charge in [-0.3, -0.25) is 10.1 Å². The van der Waals surface area contributed by atoms with E-state index in [0.717, 1.165) is 41.0 Å². The number of anilines is 1. The number of carbonyl (C=O) groups is 2. The molecule has 2 rings (SSSR count). The number of hydrogen-bond donors (Lipinski definition) is 3. The molecule has 8 heteroatoms. The van der Waals surface area contributed by atoms with E-state index in [2.05, 4.69) is 19.3 Å². The van der Waals surface area contributed by atoms with E-state index in [-0.39, 0.29) is 24.0 Å². The maximum absolute atomic E-state index is 11.6. The quantitative estimate of drug-likeness (QED) is 0.392. The standard InChI is InChI=1S/C12H18N4O2S.HI/c1-3-16(2)5-4-7-8(6-16)19-11(15-12(14)18)9(7)10(13)17;/h3-6H2,1-2H3,(H4-,13,14,15,17,18);1H. The zero-order valence-corrected chi connectivity index (χ0v) is 14.5. The second-order valence-corrected chi connectivity index (χ2v) is 6.23. The first kappa shape index (κ1) is 17.2. The van der Waals surface area contributed by atoms with Gasteiger partial charge in [-0.15, -0.1) is 11.3 Å². The number of primary amides is 2. The summed E-state index contributed by atoms with van der Waals surface area (Å²) in [5, 5.41) is 2.99. The third kappa shape index (κ3) is 3.23. The molecule has 2 heterocycles. The van der Waals surface area contributed by atoms with Crippen LogP contribution in [0.2, 0.25) is 0 Å². The van der Waals surface area contributed by atoms with E-state index in [1.807, 2.05) is 0 Å². The molecule has 1 aliphatic heterocycles. The van der Waals surface area contributed by atoms with Crippen LogP contribution >= 0.6 is 11.3 Å². The molecule has 6 nitrogen and oxygen atoms in total. The van der Waals surface area contributed by atoms with E-state index in [4.69, 9.17) is 11.5 Å². The van der Waals surface area contributed by atoms with Crippen LogP contribution in [0.4, 0.5) is 9.80 Å². The predicted octanol–water partition coefficient (Wildman–Crippen LogP) is -2.14. The number of fused-ring (bicyclic) bond motifs is 1. The van der Waals surface area contributed by atoms with E-state index in [1.54, 1.807) is 0 Å². The minimum atomic E-state index is -0.672. The SMILES string of the molecule is CC[N+]1(C)CCc2c(sc(NC(N)=O)c2C(N)=O)C1.[I-]. The largest absolute Gasteiger partial charge is 1.00 e. The molecular weight excluding hydrogens is 391 g/mol. The molecular formula is C12H19IN4O2S. The zero-order chi connectivity index (χ0) is 14.2. The summed E-state index contributed by atoms with van der Waals surface area (Å²) in [6.45, 7) is 5.01. The number of likely N-dealkylation sites (N-methyl/N-ethyl adjacent to an activating group) is 1. The van der Waals surface area contributed by atoms with Crippen LogP contribution in [0.15, 0.2) is 0 Å². The van der Waals surface area contributed by atoms with Gasteiger partial charge in [0.2, 0.25) is 0 Å². The monoisotopic (exact) mass is 410 g/mol. The Hall–Kier alpha value is -0.870. The molecule has 112 valence electrons. The summed E-state index contributed by atoms with van der Waals surface area (Å²) in [7, 11) is 2.19. The summed E-state index contributed by atoms with van der Waals surface area (Å²) in [5.74, 6) is -0.506. The summed E-state index contributed by atoms with van der Waals surface area (Å²) in [5.41, 5.74) is 12.0. The van der Waals surface area contributed by atoms with Gasteiger partial charge in [-0.1, -0.05) is 0 Å². The Morgan fingerprint density at radius 1 is 1.40 bits per heavy atom. The van der Waals surface area contributed by atoms with Gasteiger partial charge in [0.25, 0.3) is 5.91 Å². The first-order chi connectivity index (χ1) is 8.86. The van der Waals surface area contributed by atoms with Gasteiger partial charge in [0.05, 0.1) is 30.6 Å². The zero-order valence-electron chi connectivity index (χ0n) is 11.5. The molecule has 1 aliphatic rings. The van der Waals surface area contributed by atoms with E-state index >= 15 is 0 Å². The van der Waals surface area contributed by atoms with Crippen molar-refractivity contribution >= 4 is 28.3 Å². The first-order valence-electron chi connectivity index (χ1n) is 6.20. The lowest BCUT2D eigenvalue weighted by Crippen LogP contribution is -3.00. The van der Waals surface area contributed by atoms with Gasteiger partial charge >= 0.3 is 6.03 Å². The molecule has 0 saturated carbocycles. The highest BCUT2D eigenvalue weighted by molar-refractivity contribution is 7.17. The Balaban J connectivity index is 0.00000200. The van der Waals surface area contributed by atoms with Crippen molar-refractivity contribution in [3.63, 3.8) is 0 Å². The van der Waals surface area contributed by atoms with Crippen LogP contribution in [0.1, 0.15) is 27.7 Å². The topological polar surface area (TPSA) is 98.2 Å². The van der Waals surface area contributed by atoms with Gasteiger partial charge in [-0.2, -0.15) is 0 Å². The summed E-state index contributed by atoms with van der Waals surface area (Å²) in [6, 6.07) is -0.672. The van der Waals surface area contributed by atoms with Crippen LogP contribution < -0.4 is 40.8 Å². The molecule has 1 aromatic rings. The van der Waals surface area contributed by atoms with Crippen LogP contribution in [0.25, 0.3) is 0 Å². The number of carbonyl (C=O) groups excluding carboxylic acids is 2. The van der Waals surface area contributed by atoms with E-state index in [0.29, 0.717) is 10.6 Å². The van der Waals surface area contributed by atoms with Crippen molar-refractivity contribution in [1.82, 2.24) is 0 Å². The highest BCUT2D eigenvalue weighted by Gasteiger charge is 2.33. The molecule has 0 spiro atoms. The van der Waals surface area contributed by atoms with E-state index in [9.17, 15) is 9.59 Å². The molecule has 20 heavy (non-hydrogen) atoms. The number of hydrogen-bond acceptors (Lipinski definition) is 3. The Bertz CT molecular complexity index is 546. The average Bonchev–Trinajstić information content (AvgIpc) is 2.64. The van der Waals surface area contributed by atoms with Crippen molar-refractivity contribution in [3.05, 3.63) is 16.0 Å². The van der Waals surface area contributed by atoms with E-state index < -0.39 is 11.9 Å². The Kier molecular flexibility index (Phi) is 5.39. The molecule has 0 radical (unpaired) electrons.